The summed E-state index contributed by atoms with van der Waals surface area (Å²) in [4.78, 5) is 11.4. The molecule has 0 bridgehead atoms. The van der Waals surface area contributed by atoms with E-state index in [1.165, 1.54) is 0 Å². The maximum atomic E-state index is 11.4. The van der Waals surface area contributed by atoms with Crippen molar-refractivity contribution in [2.75, 3.05) is 7.11 Å². The molecule has 0 saturated carbocycles. The second-order valence-electron chi connectivity index (χ2n) is 3.58. The fourth-order valence-electron chi connectivity index (χ4n) is 1.25. The highest BCUT2D eigenvalue weighted by molar-refractivity contribution is 5.81. The van der Waals surface area contributed by atoms with E-state index in [1.54, 1.807) is 7.11 Å². The van der Waals surface area contributed by atoms with Crippen molar-refractivity contribution in [3.05, 3.63) is 29.8 Å². The maximum Gasteiger partial charge on any atom is 0.237 e. The minimum absolute atomic E-state index is 0.113. The molecule has 0 spiro atoms. The summed E-state index contributed by atoms with van der Waals surface area (Å²) in [6, 6.07) is 7.13. The maximum absolute atomic E-state index is 11.4. The molecule has 0 aliphatic heterocycles. The van der Waals surface area contributed by atoms with Gasteiger partial charge in [-0.25, -0.2) is 0 Å². The average Bonchev–Trinajstić information content (AvgIpc) is 2.35. The molecule has 3 N–H and O–H groups in total. The van der Waals surface area contributed by atoms with E-state index in [1.807, 2.05) is 31.2 Å². The van der Waals surface area contributed by atoms with E-state index in [0.717, 1.165) is 11.3 Å². The summed E-state index contributed by atoms with van der Waals surface area (Å²) < 4.78 is 5.04. The molecule has 0 saturated heterocycles. The molecule has 1 amide bonds. The lowest BCUT2D eigenvalue weighted by Gasteiger charge is -2.10. The standard InChI is InChI=1S/C12H18N2O2/c1-3-11(13)12(15)14-8-9-4-6-10(16-2)7-5-9/h4-7,11H,3,8,13H2,1-2H3,(H,14,15)/t11-/m0/s1. The first kappa shape index (κ1) is 12.5. The van der Waals surface area contributed by atoms with Crippen molar-refractivity contribution in [2.45, 2.75) is 25.9 Å². The Morgan fingerprint density at radius 1 is 1.44 bits per heavy atom. The Bertz CT molecular complexity index is 335. The van der Waals surface area contributed by atoms with E-state index in [0.29, 0.717) is 13.0 Å². The summed E-state index contributed by atoms with van der Waals surface area (Å²) in [6.07, 6.45) is 0.647. The number of hydrogen-bond acceptors (Lipinski definition) is 3. The largest absolute Gasteiger partial charge is 0.497 e. The molecule has 1 aromatic rings. The molecular formula is C12H18N2O2. The molecule has 1 atom stereocenters. The SMILES string of the molecule is CC[C@H](N)C(=O)NCc1ccc(OC)cc1. The van der Waals surface area contributed by atoms with E-state index in [2.05, 4.69) is 5.32 Å². The van der Waals surface area contributed by atoms with Gasteiger partial charge in [-0.3, -0.25) is 4.79 Å². The third-order valence-electron chi connectivity index (χ3n) is 2.40. The summed E-state index contributed by atoms with van der Waals surface area (Å²) in [5.74, 6) is 0.693. The van der Waals surface area contributed by atoms with Gasteiger partial charge in [0.2, 0.25) is 5.91 Å². The molecule has 0 radical (unpaired) electrons. The zero-order chi connectivity index (χ0) is 12.0. The number of carbonyl (C=O) groups is 1. The van der Waals surface area contributed by atoms with Crippen molar-refractivity contribution in [1.82, 2.24) is 5.32 Å². The number of nitrogens with one attached hydrogen (secondary N) is 1. The molecular weight excluding hydrogens is 204 g/mol. The van der Waals surface area contributed by atoms with Crippen molar-refractivity contribution in [2.24, 2.45) is 5.73 Å². The van der Waals surface area contributed by atoms with Gasteiger partial charge >= 0.3 is 0 Å². The van der Waals surface area contributed by atoms with Gasteiger partial charge in [0.25, 0.3) is 0 Å². The van der Waals surface area contributed by atoms with Crippen LogP contribution in [-0.4, -0.2) is 19.1 Å². The van der Waals surface area contributed by atoms with Crippen molar-refractivity contribution in [3.8, 4) is 5.75 Å². The Balaban J connectivity index is 2.45. The average molecular weight is 222 g/mol. The lowest BCUT2D eigenvalue weighted by atomic mass is 10.2. The number of methoxy groups -OCH3 is 1. The summed E-state index contributed by atoms with van der Waals surface area (Å²) in [6.45, 7) is 2.38. The highest BCUT2D eigenvalue weighted by Crippen LogP contribution is 2.10. The molecule has 0 aliphatic carbocycles. The van der Waals surface area contributed by atoms with Gasteiger partial charge in [0.1, 0.15) is 5.75 Å². The first-order valence-electron chi connectivity index (χ1n) is 5.33. The van der Waals surface area contributed by atoms with Crippen LogP contribution >= 0.6 is 0 Å². The number of hydrogen-bond donors (Lipinski definition) is 2. The van der Waals surface area contributed by atoms with Gasteiger partial charge in [0.05, 0.1) is 13.2 Å². The minimum Gasteiger partial charge on any atom is -0.497 e. The van der Waals surface area contributed by atoms with Crippen molar-refractivity contribution in [3.63, 3.8) is 0 Å². The predicted molar refractivity (Wildman–Crippen MR) is 63.1 cm³/mol. The summed E-state index contributed by atoms with van der Waals surface area (Å²) in [5, 5.41) is 2.78. The Hall–Kier alpha value is -1.55. The number of amides is 1. The highest BCUT2D eigenvalue weighted by Gasteiger charge is 2.09. The van der Waals surface area contributed by atoms with E-state index >= 15 is 0 Å². The van der Waals surface area contributed by atoms with Crippen LogP contribution < -0.4 is 15.8 Å². The Morgan fingerprint density at radius 3 is 2.56 bits per heavy atom. The van der Waals surface area contributed by atoms with E-state index in [-0.39, 0.29) is 5.91 Å². The van der Waals surface area contributed by atoms with E-state index in [4.69, 9.17) is 10.5 Å². The smallest absolute Gasteiger partial charge is 0.237 e. The first-order valence-corrected chi connectivity index (χ1v) is 5.33. The third-order valence-corrected chi connectivity index (χ3v) is 2.40. The van der Waals surface area contributed by atoms with E-state index in [9.17, 15) is 4.79 Å². The summed E-state index contributed by atoms with van der Waals surface area (Å²) in [7, 11) is 1.62. The molecule has 1 rings (SSSR count). The second kappa shape index (κ2) is 6.12. The Morgan fingerprint density at radius 2 is 2.06 bits per heavy atom. The van der Waals surface area contributed by atoms with Crippen LogP contribution in [0.3, 0.4) is 0 Å². The van der Waals surface area contributed by atoms with Gasteiger partial charge in [-0.1, -0.05) is 19.1 Å². The molecule has 4 nitrogen and oxygen atoms in total. The van der Waals surface area contributed by atoms with Crippen LogP contribution in [0.5, 0.6) is 5.75 Å². The molecule has 0 heterocycles. The fraction of sp³-hybridized carbons (Fsp3) is 0.417. The number of ether oxygens (including phenoxy) is 1. The van der Waals surface area contributed by atoms with E-state index < -0.39 is 6.04 Å². The normalized spacial score (nSPS) is 11.9. The van der Waals surface area contributed by atoms with Gasteiger partial charge in [-0.05, 0) is 24.1 Å². The monoisotopic (exact) mass is 222 g/mol. The zero-order valence-corrected chi connectivity index (χ0v) is 9.69. The quantitative estimate of drug-likeness (QED) is 0.782. The van der Waals surface area contributed by atoms with Gasteiger partial charge in [-0.2, -0.15) is 0 Å². The van der Waals surface area contributed by atoms with Gasteiger partial charge in [0.15, 0.2) is 0 Å². The van der Waals surface area contributed by atoms with Crippen LogP contribution in [0.1, 0.15) is 18.9 Å². The van der Waals surface area contributed by atoms with Gasteiger partial charge < -0.3 is 15.8 Å². The lowest BCUT2D eigenvalue weighted by Crippen LogP contribution is -2.39. The Labute approximate surface area is 95.8 Å². The third kappa shape index (κ3) is 3.55. The first-order chi connectivity index (χ1) is 7.67. The second-order valence-corrected chi connectivity index (χ2v) is 3.58. The highest BCUT2D eigenvalue weighted by atomic mass is 16.5. The number of nitrogens with two attached hydrogens (primary N) is 1. The van der Waals surface area contributed by atoms with Crippen LogP contribution in [0.25, 0.3) is 0 Å². The number of carbonyl (C=O) groups excluding carboxylic acids is 1. The van der Waals surface area contributed by atoms with Crippen LogP contribution in [-0.2, 0) is 11.3 Å². The molecule has 0 unspecified atom stereocenters. The molecule has 88 valence electrons. The van der Waals surface area contributed by atoms with Gasteiger partial charge in [-0.15, -0.1) is 0 Å². The van der Waals surface area contributed by atoms with Crippen LogP contribution in [0, 0.1) is 0 Å². The minimum atomic E-state index is -0.418. The van der Waals surface area contributed by atoms with Crippen molar-refractivity contribution < 1.29 is 9.53 Å². The molecule has 0 fully saturated rings. The van der Waals surface area contributed by atoms with Gasteiger partial charge in [0, 0.05) is 6.54 Å². The zero-order valence-electron chi connectivity index (χ0n) is 9.69. The predicted octanol–water partition coefficient (Wildman–Crippen LogP) is 1.05. The topological polar surface area (TPSA) is 64.4 Å². The van der Waals surface area contributed by atoms with Crippen molar-refractivity contribution in [1.29, 1.82) is 0 Å². The van der Waals surface area contributed by atoms with Crippen LogP contribution in [0.4, 0.5) is 0 Å². The summed E-state index contributed by atoms with van der Waals surface area (Å²) >= 11 is 0. The Kier molecular flexibility index (Phi) is 4.79. The molecule has 16 heavy (non-hydrogen) atoms. The fourth-order valence-corrected chi connectivity index (χ4v) is 1.25. The number of rotatable bonds is 5. The van der Waals surface area contributed by atoms with Crippen LogP contribution in [0.15, 0.2) is 24.3 Å². The molecule has 0 aliphatic rings. The van der Waals surface area contributed by atoms with Crippen LogP contribution in [0.2, 0.25) is 0 Å². The molecule has 4 heteroatoms. The molecule has 0 aromatic heterocycles. The van der Waals surface area contributed by atoms with Crippen molar-refractivity contribution >= 4 is 5.91 Å². The molecule has 1 aromatic carbocycles. The number of benzene rings is 1. The summed E-state index contributed by atoms with van der Waals surface area (Å²) in [5.41, 5.74) is 6.62. The lowest BCUT2D eigenvalue weighted by molar-refractivity contribution is -0.122.